The van der Waals surface area contributed by atoms with E-state index in [1.165, 1.54) is 0 Å². The minimum absolute atomic E-state index is 0.0301. The van der Waals surface area contributed by atoms with E-state index >= 15 is 0 Å². The number of aliphatic hydroxyl groups is 4. The molecule has 0 amide bonds. The molecule has 0 aromatic heterocycles. The van der Waals surface area contributed by atoms with Crippen LogP contribution in [0, 0.1) is 0 Å². The number of benzene rings is 1. The van der Waals surface area contributed by atoms with Crippen molar-refractivity contribution >= 4 is 6.08 Å². The molecular formula is C16H23NO5. The smallest absolute Gasteiger partial charge is 0.188 e. The van der Waals surface area contributed by atoms with E-state index in [0.29, 0.717) is 0 Å². The van der Waals surface area contributed by atoms with Crippen LogP contribution in [0.3, 0.4) is 0 Å². The van der Waals surface area contributed by atoms with E-state index in [-0.39, 0.29) is 13.4 Å². The van der Waals surface area contributed by atoms with Gasteiger partial charge >= 0.3 is 0 Å². The minimum Gasteiger partial charge on any atom is -0.394 e. The largest absolute Gasteiger partial charge is 0.394 e. The second-order valence-electron chi connectivity index (χ2n) is 5.47. The Hall–Kier alpha value is -1.28. The summed E-state index contributed by atoms with van der Waals surface area (Å²) < 4.78 is 12.7. The van der Waals surface area contributed by atoms with Crippen LogP contribution in [0.25, 0.3) is 6.08 Å². The molecule has 5 N–H and O–H groups in total. The highest BCUT2D eigenvalue weighted by atomic mass is 16.6. The Balaban J connectivity index is 2.26. The van der Waals surface area contributed by atoms with Crippen molar-refractivity contribution in [2.45, 2.75) is 36.6 Å². The van der Waals surface area contributed by atoms with Crippen molar-refractivity contribution in [2.24, 2.45) is 0 Å². The number of ether oxygens (including phenoxy) is 1. The molecular weight excluding hydrogens is 286 g/mol. The summed E-state index contributed by atoms with van der Waals surface area (Å²) in [5.74, 6) is -1.86. The summed E-state index contributed by atoms with van der Waals surface area (Å²) in [6.07, 6.45) is -2.10. The third-order valence-electron chi connectivity index (χ3n) is 3.99. The van der Waals surface area contributed by atoms with Crippen LogP contribution in [0.15, 0.2) is 30.8 Å². The van der Waals surface area contributed by atoms with E-state index in [1.54, 1.807) is 18.2 Å². The van der Waals surface area contributed by atoms with E-state index in [4.69, 9.17) is 6.11 Å². The highest BCUT2D eigenvalue weighted by Gasteiger charge is 2.52. The molecule has 0 saturated carbocycles. The maximum absolute atomic E-state index is 10.9. The SMILES string of the molecule is [2H]CN[C@@H]1[C@@H](O)[C@H](O)[C@@H](CO)OC1(O)Cc1ccc(C=C)cc1. The summed E-state index contributed by atoms with van der Waals surface area (Å²) in [4.78, 5) is 0. The van der Waals surface area contributed by atoms with Crippen LogP contribution >= 0.6 is 0 Å². The molecule has 1 heterocycles. The summed E-state index contributed by atoms with van der Waals surface area (Å²) in [6.45, 7) is 3.13. The van der Waals surface area contributed by atoms with E-state index in [1.807, 2.05) is 12.1 Å². The van der Waals surface area contributed by atoms with Crippen molar-refractivity contribution in [3.63, 3.8) is 0 Å². The van der Waals surface area contributed by atoms with Crippen LogP contribution in [-0.4, -0.2) is 64.2 Å². The number of likely N-dealkylation sites (N-methyl/N-ethyl adjacent to an activating group) is 1. The average molecular weight is 310 g/mol. The lowest BCUT2D eigenvalue weighted by Gasteiger charge is -2.47. The van der Waals surface area contributed by atoms with Gasteiger partial charge in [-0.25, -0.2) is 0 Å². The molecule has 6 heteroatoms. The lowest BCUT2D eigenvalue weighted by atomic mass is 9.86. The highest BCUT2D eigenvalue weighted by Crippen LogP contribution is 2.31. The van der Waals surface area contributed by atoms with Crippen LogP contribution in [-0.2, 0) is 11.2 Å². The summed E-state index contributed by atoms with van der Waals surface area (Å²) in [6, 6.07) is 6.19. The van der Waals surface area contributed by atoms with Crippen LogP contribution in [0.1, 0.15) is 12.5 Å². The van der Waals surface area contributed by atoms with E-state index in [2.05, 4.69) is 11.9 Å². The standard InChI is InChI=1S/C16H23NO5/c1-3-10-4-6-11(7-5-10)8-16(21)15(17-2)14(20)13(19)12(9-18)22-16/h3-7,12-15,17-21H,1,8-9H2,2H3/t12-,13-,14+,15-,16?/m1/s1/i2D. The molecule has 1 aliphatic heterocycles. The Morgan fingerprint density at radius 2 is 2.05 bits per heavy atom. The van der Waals surface area contributed by atoms with Crippen molar-refractivity contribution in [1.29, 1.82) is 0 Å². The summed E-state index contributed by atoms with van der Waals surface area (Å²) >= 11 is 0. The van der Waals surface area contributed by atoms with Gasteiger partial charge in [0.2, 0.25) is 0 Å². The first-order chi connectivity index (χ1) is 10.9. The van der Waals surface area contributed by atoms with Gasteiger partial charge < -0.3 is 30.5 Å². The second kappa shape index (κ2) is 6.87. The zero-order chi connectivity index (χ0) is 17.0. The fourth-order valence-electron chi connectivity index (χ4n) is 2.73. The number of hydrogen-bond acceptors (Lipinski definition) is 6. The summed E-state index contributed by atoms with van der Waals surface area (Å²) in [7, 11) is -0.265. The van der Waals surface area contributed by atoms with Gasteiger partial charge in [0, 0.05) is 7.79 Å². The minimum atomic E-state index is -1.86. The molecule has 1 unspecified atom stereocenters. The molecule has 0 bridgehead atoms. The predicted octanol–water partition coefficient (Wildman–Crippen LogP) is -0.738. The zero-order valence-corrected chi connectivity index (χ0v) is 12.2. The van der Waals surface area contributed by atoms with Crippen molar-refractivity contribution in [1.82, 2.24) is 5.32 Å². The van der Waals surface area contributed by atoms with Gasteiger partial charge in [-0.3, -0.25) is 0 Å². The molecule has 1 aromatic carbocycles. The Kier molecular flexibility index (Phi) is 4.87. The monoisotopic (exact) mass is 310 g/mol. The molecule has 22 heavy (non-hydrogen) atoms. The predicted molar refractivity (Wildman–Crippen MR) is 82.0 cm³/mol. The van der Waals surface area contributed by atoms with Crippen LogP contribution < -0.4 is 5.32 Å². The molecule has 2 rings (SSSR count). The molecule has 6 nitrogen and oxygen atoms in total. The maximum Gasteiger partial charge on any atom is 0.188 e. The third-order valence-corrected chi connectivity index (χ3v) is 3.99. The first kappa shape index (κ1) is 15.6. The zero-order valence-electron chi connectivity index (χ0n) is 13.2. The molecule has 0 spiro atoms. The van der Waals surface area contributed by atoms with E-state index in [0.717, 1.165) is 11.1 Å². The van der Waals surface area contributed by atoms with Crippen molar-refractivity contribution in [2.75, 3.05) is 13.6 Å². The Morgan fingerprint density at radius 3 is 2.59 bits per heavy atom. The highest BCUT2D eigenvalue weighted by molar-refractivity contribution is 5.47. The number of rotatable bonds is 5. The number of hydrogen-bond donors (Lipinski definition) is 5. The van der Waals surface area contributed by atoms with Gasteiger partial charge in [-0.15, -0.1) is 0 Å². The molecule has 1 fully saturated rings. The van der Waals surface area contributed by atoms with Crippen molar-refractivity contribution < 1.29 is 26.5 Å². The van der Waals surface area contributed by atoms with Gasteiger partial charge in [-0.2, -0.15) is 0 Å². The van der Waals surface area contributed by atoms with Gasteiger partial charge in [0.25, 0.3) is 0 Å². The summed E-state index contributed by atoms with van der Waals surface area (Å²) in [5, 5.41) is 42.9. The van der Waals surface area contributed by atoms with Crippen LogP contribution in [0.5, 0.6) is 0 Å². The van der Waals surface area contributed by atoms with Gasteiger partial charge in [-0.1, -0.05) is 36.9 Å². The molecule has 0 aliphatic carbocycles. The van der Waals surface area contributed by atoms with Crippen LogP contribution in [0.4, 0.5) is 0 Å². The molecule has 5 atom stereocenters. The molecule has 1 aromatic rings. The Morgan fingerprint density at radius 1 is 1.36 bits per heavy atom. The topological polar surface area (TPSA) is 102 Å². The number of aliphatic hydroxyl groups excluding tert-OH is 3. The molecule has 1 aliphatic rings. The number of nitrogens with one attached hydrogen (secondary N) is 1. The second-order valence-corrected chi connectivity index (χ2v) is 5.47. The third kappa shape index (κ3) is 3.22. The first-order valence-corrected chi connectivity index (χ1v) is 7.06. The Bertz CT molecular complexity index is 526. The van der Waals surface area contributed by atoms with Crippen molar-refractivity contribution in [3.8, 4) is 0 Å². The fourth-order valence-corrected chi connectivity index (χ4v) is 2.73. The average Bonchev–Trinajstić information content (AvgIpc) is 2.56. The quantitative estimate of drug-likeness (QED) is 0.491. The molecule has 122 valence electrons. The van der Waals surface area contributed by atoms with Gasteiger partial charge in [0.05, 0.1) is 12.6 Å². The first-order valence-electron chi connectivity index (χ1n) is 7.77. The van der Waals surface area contributed by atoms with Crippen molar-refractivity contribution in [3.05, 3.63) is 42.0 Å². The fraction of sp³-hybridized carbons (Fsp3) is 0.500. The van der Waals surface area contributed by atoms with E-state index < -0.39 is 36.7 Å². The van der Waals surface area contributed by atoms with Gasteiger partial charge in [-0.05, 0) is 18.2 Å². The lowest BCUT2D eigenvalue weighted by molar-refractivity contribution is -0.318. The normalized spacial score (nSPS) is 35.9. The maximum atomic E-state index is 10.9. The molecule has 1 saturated heterocycles. The van der Waals surface area contributed by atoms with Gasteiger partial charge in [0.1, 0.15) is 18.3 Å². The van der Waals surface area contributed by atoms with Crippen LogP contribution in [0.2, 0.25) is 0 Å². The summed E-state index contributed by atoms with van der Waals surface area (Å²) in [5.41, 5.74) is 1.67. The molecule has 0 radical (unpaired) electrons. The lowest BCUT2D eigenvalue weighted by Crippen LogP contribution is -2.69. The van der Waals surface area contributed by atoms with E-state index in [9.17, 15) is 20.4 Å². The van der Waals surface area contributed by atoms with Gasteiger partial charge in [0.15, 0.2) is 5.79 Å². The Labute approximate surface area is 131 Å².